The summed E-state index contributed by atoms with van der Waals surface area (Å²) in [5, 5.41) is 2.73. The lowest BCUT2D eigenvalue weighted by molar-refractivity contribution is -0.121. The van der Waals surface area contributed by atoms with Gasteiger partial charge in [0.25, 0.3) is 5.91 Å². The van der Waals surface area contributed by atoms with E-state index in [4.69, 9.17) is 0 Å². The van der Waals surface area contributed by atoms with Crippen LogP contribution < -0.4 is 15.0 Å². The molecule has 0 spiro atoms. The van der Waals surface area contributed by atoms with Gasteiger partial charge in [0.05, 0.1) is 33.7 Å². The standard InChI is InChI=1S/C22H22F3N3O5S/c1-21(2)14-8-12(18(29)27-22(3)6-7-34(31,32)11-22)10-26-17(14)28(19(21)30)16-9-13(33-20(24)25)4-5-15(16)23/h4-5,8-10,20H,6-7,11H2,1-3H3,(H,27,29)/t22-/m1/s1. The van der Waals surface area contributed by atoms with Gasteiger partial charge in [-0.25, -0.2) is 17.8 Å². The molecule has 12 heteroatoms. The van der Waals surface area contributed by atoms with Crippen LogP contribution in [0.2, 0.25) is 0 Å². The van der Waals surface area contributed by atoms with E-state index in [-0.39, 0.29) is 40.7 Å². The normalized spacial score (nSPS) is 22.7. The summed E-state index contributed by atoms with van der Waals surface area (Å²) < 4.78 is 67.9. The Morgan fingerprint density at radius 3 is 2.56 bits per heavy atom. The van der Waals surface area contributed by atoms with Crippen molar-refractivity contribution in [2.75, 3.05) is 16.4 Å². The molecular formula is C22H22F3N3O5S. The van der Waals surface area contributed by atoms with Crippen LogP contribution >= 0.6 is 0 Å². The molecule has 1 aromatic heterocycles. The van der Waals surface area contributed by atoms with Crippen LogP contribution in [0.15, 0.2) is 30.5 Å². The van der Waals surface area contributed by atoms with Crippen molar-refractivity contribution in [1.82, 2.24) is 10.3 Å². The monoisotopic (exact) mass is 497 g/mol. The predicted octanol–water partition coefficient (Wildman–Crippen LogP) is 3.09. The summed E-state index contributed by atoms with van der Waals surface area (Å²) in [5.74, 6) is -2.47. The van der Waals surface area contributed by atoms with Gasteiger partial charge in [-0.05, 0) is 45.4 Å². The number of hydrogen-bond donors (Lipinski definition) is 1. The first-order valence-corrected chi connectivity index (χ1v) is 12.2. The van der Waals surface area contributed by atoms with E-state index >= 15 is 0 Å². The highest BCUT2D eigenvalue weighted by molar-refractivity contribution is 7.91. The van der Waals surface area contributed by atoms with E-state index in [9.17, 15) is 31.2 Å². The Labute approximate surface area is 194 Å². The highest BCUT2D eigenvalue weighted by atomic mass is 32.2. The van der Waals surface area contributed by atoms with Crippen LogP contribution in [0.4, 0.5) is 24.7 Å². The maximum Gasteiger partial charge on any atom is 0.387 e. The Morgan fingerprint density at radius 1 is 1.24 bits per heavy atom. The molecule has 1 saturated heterocycles. The number of carbonyl (C=O) groups is 2. The molecule has 3 heterocycles. The Morgan fingerprint density at radius 2 is 1.94 bits per heavy atom. The third-order valence-electron chi connectivity index (χ3n) is 6.05. The zero-order valence-corrected chi connectivity index (χ0v) is 19.4. The van der Waals surface area contributed by atoms with Crippen molar-refractivity contribution < 1.29 is 35.9 Å². The van der Waals surface area contributed by atoms with Crippen LogP contribution in [0.25, 0.3) is 0 Å². The maximum atomic E-state index is 14.6. The van der Waals surface area contributed by atoms with Crippen molar-refractivity contribution >= 4 is 33.2 Å². The number of sulfone groups is 1. The molecule has 1 atom stereocenters. The van der Waals surface area contributed by atoms with Gasteiger partial charge in [0, 0.05) is 17.8 Å². The topological polar surface area (TPSA) is 106 Å². The zero-order valence-electron chi connectivity index (χ0n) is 18.6. The van der Waals surface area contributed by atoms with Crippen molar-refractivity contribution in [2.45, 2.75) is 44.8 Å². The van der Waals surface area contributed by atoms with Gasteiger partial charge in [0.2, 0.25) is 5.91 Å². The highest BCUT2D eigenvalue weighted by Crippen LogP contribution is 2.45. The molecule has 0 bridgehead atoms. The van der Waals surface area contributed by atoms with Gasteiger partial charge >= 0.3 is 6.61 Å². The number of pyridine rings is 1. The van der Waals surface area contributed by atoms with E-state index in [0.29, 0.717) is 5.56 Å². The van der Waals surface area contributed by atoms with Gasteiger partial charge in [-0.3, -0.25) is 14.5 Å². The highest BCUT2D eigenvalue weighted by Gasteiger charge is 2.47. The fraction of sp³-hybridized carbons (Fsp3) is 0.409. The Hall–Kier alpha value is -3.15. The minimum absolute atomic E-state index is 0.0252. The summed E-state index contributed by atoms with van der Waals surface area (Å²) in [5.41, 5.74) is -2.04. The molecule has 0 unspecified atom stereocenters. The largest absolute Gasteiger partial charge is 0.435 e. The molecule has 2 amide bonds. The molecule has 0 radical (unpaired) electrons. The molecule has 2 aliphatic heterocycles. The number of nitrogens with zero attached hydrogens (tertiary/aromatic N) is 2. The second kappa shape index (κ2) is 7.97. The summed E-state index contributed by atoms with van der Waals surface area (Å²) in [4.78, 5) is 31.3. The molecule has 2 aliphatic rings. The number of carbonyl (C=O) groups excluding carboxylic acids is 2. The van der Waals surface area contributed by atoms with Crippen molar-refractivity contribution in [2.24, 2.45) is 0 Å². The maximum absolute atomic E-state index is 14.6. The lowest BCUT2D eigenvalue weighted by Crippen LogP contribution is -2.47. The first-order chi connectivity index (χ1) is 15.7. The van der Waals surface area contributed by atoms with Crippen LogP contribution in [0, 0.1) is 5.82 Å². The van der Waals surface area contributed by atoms with Crippen LogP contribution in [-0.2, 0) is 20.0 Å². The first kappa shape index (κ1) is 24.0. The first-order valence-electron chi connectivity index (χ1n) is 10.3. The average Bonchev–Trinajstić information content (AvgIpc) is 3.12. The van der Waals surface area contributed by atoms with Gasteiger partial charge < -0.3 is 10.1 Å². The summed E-state index contributed by atoms with van der Waals surface area (Å²) in [6, 6.07) is 4.35. The second-order valence-corrected chi connectivity index (χ2v) is 11.4. The molecule has 0 saturated carbocycles. The number of hydrogen-bond acceptors (Lipinski definition) is 6. The number of aromatic nitrogens is 1. The zero-order chi connectivity index (χ0) is 25.1. The van der Waals surface area contributed by atoms with E-state index in [1.54, 1.807) is 20.8 Å². The average molecular weight is 497 g/mol. The van der Waals surface area contributed by atoms with Crippen molar-refractivity contribution in [3.63, 3.8) is 0 Å². The van der Waals surface area contributed by atoms with E-state index in [1.807, 2.05) is 0 Å². The molecule has 2 aromatic rings. The van der Waals surface area contributed by atoms with Crippen LogP contribution in [0.5, 0.6) is 5.75 Å². The number of anilines is 2. The Bertz CT molecular complexity index is 1300. The van der Waals surface area contributed by atoms with Gasteiger partial charge in [0.1, 0.15) is 17.4 Å². The number of fused-ring (bicyclic) bond motifs is 1. The molecule has 1 fully saturated rings. The van der Waals surface area contributed by atoms with Crippen LogP contribution in [-0.4, -0.2) is 48.9 Å². The van der Waals surface area contributed by atoms with Crippen molar-refractivity contribution in [3.8, 4) is 5.75 Å². The van der Waals surface area contributed by atoms with Gasteiger partial charge in [0.15, 0.2) is 9.84 Å². The second-order valence-electron chi connectivity index (χ2n) is 9.21. The van der Waals surface area contributed by atoms with E-state index in [0.717, 1.165) is 23.1 Å². The Balaban J connectivity index is 1.70. The lowest BCUT2D eigenvalue weighted by Gasteiger charge is -2.24. The van der Waals surface area contributed by atoms with Crippen LogP contribution in [0.3, 0.4) is 0 Å². The summed E-state index contributed by atoms with van der Waals surface area (Å²) in [6.45, 7) is 1.65. The molecule has 182 valence electrons. The number of alkyl halides is 2. The molecule has 4 rings (SSSR count). The number of halogens is 3. The smallest absolute Gasteiger partial charge is 0.387 e. The molecular weight excluding hydrogens is 475 g/mol. The number of amides is 2. The molecule has 8 nitrogen and oxygen atoms in total. The number of ether oxygens (including phenoxy) is 1. The number of nitrogens with one attached hydrogen (secondary N) is 1. The minimum Gasteiger partial charge on any atom is -0.435 e. The summed E-state index contributed by atoms with van der Waals surface area (Å²) in [7, 11) is -3.24. The van der Waals surface area contributed by atoms with E-state index in [1.165, 1.54) is 12.3 Å². The molecule has 34 heavy (non-hydrogen) atoms. The van der Waals surface area contributed by atoms with Crippen LogP contribution in [0.1, 0.15) is 43.1 Å². The summed E-state index contributed by atoms with van der Waals surface area (Å²) in [6.07, 6.45) is 1.47. The third-order valence-corrected chi connectivity index (χ3v) is 7.96. The van der Waals surface area contributed by atoms with Gasteiger partial charge in [-0.2, -0.15) is 8.78 Å². The lowest BCUT2D eigenvalue weighted by atomic mass is 9.86. The summed E-state index contributed by atoms with van der Waals surface area (Å²) >= 11 is 0. The quantitative estimate of drug-likeness (QED) is 0.681. The number of benzene rings is 1. The number of rotatable bonds is 5. The minimum atomic E-state index is -3.24. The Kier molecular flexibility index (Phi) is 5.62. The van der Waals surface area contributed by atoms with E-state index in [2.05, 4.69) is 15.0 Å². The van der Waals surface area contributed by atoms with Crippen molar-refractivity contribution in [1.29, 1.82) is 0 Å². The van der Waals surface area contributed by atoms with Gasteiger partial charge in [-0.15, -0.1) is 0 Å². The SMILES string of the molecule is CC1(C)C(=O)N(c2cc(OC(F)F)ccc2F)c2ncc(C(=O)N[C@]3(C)CCS(=O)(=O)C3)cc21. The van der Waals surface area contributed by atoms with E-state index < -0.39 is 45.0 Å². The van der Waals surface area contributed by atoms with Crippen molar-refractivity contribution in [3.05, 3.63) is 47.4 Å². The van der Waals surface area contributed by atoms with Gasteiger partial charge in [-0.1, -0.05) is 0 Å². The molecule has 1 N–H and O–H groups in total. The predicted molar refractivity (Wildman–Crippen MR) is 117 cm³/mol. The fourth-order valence-electron chi connectivity index (χ4n) is 4.23. The third kappa shape index (κ3) is 4.22. The fourth-order valence-corrected chi connectivity index (χ4v) is 6.32. The molecule has 1 aromatic carbocycles. The molecule has 0 aliphatic carbocycles.